The normalized spacial score (nSPS) is 22.5. The molecule has 2 fully saturated rings. The minimum absolute atomic E-state index is 0.0247. The van der Waals surface area contributed by atoms with Gasteiger partial charge < -0.3 is 37.2 Å². The molecule has 1 aromatic rings. The largest absolute Gasteiger partial charge is 0.506 e. The van der Waals surface area contributed by atoms with Gasteiger partial charge in [0.15, 0.2) is 5.96 Å². The van der Waals surface area contributed by atoms with E-state index in [1.807, 2.05) is 13.8 Å². The van der Waals surface area contributed by atoms with Gasteiger partial charge in [-0.3, -0.25) is 23.9 Å². The number of amides is 3. The van der Waals surface area contributed by atoms with Crippen molar-refractivity contribution in [1.29, 1.82) is 0 Å². The highest BCUT2D eigenvalue weighted by atomic mass is 35.5. The van der Waals surface area contributed by atoms with Gasteiger partial charge in [-0.05, 0) is 74.5 Å². The van der Waals surface area contributed by atoms with Crippen molar-refractivity contribution in [2.24, 2.45) is 28.3 Å². The number of carbonyl (C=O) groups excluding carboxylic acids is 3. The van der Waals surface area contributed by atoms with Crippen LogP contribution in [0.25, 0.3) is 0 Å². The lowest BCUT2D eigenvalue weighted by Gasteiger charge is -2.38. The van der Waals surface area contributed by atoms with Crippen molar-refractivity contribution in [2.75, 3.05) is 13.1 Å². The summed E-state index contributed by atoms with van der Waals surface area (Å²) in [6.45, 7) is 4.42. The summed E-state index contributed by atoms with van der Waals surface area (Å²) < 4.78 is 37.1. The average Bonchev–Trinajstić information content (AvgIpc) is 3.33. The number of phenolic OH excluding ortho intramolecular Hbond substituents is 1. The van der Waals surface area contributed by atoms with Crippen LogP contribution in [0.4, 0.5) is 0 Å². The Morgan fingerprint density at radius 1 is 1.17 bits per heavy atom. The van der Waals surface area contributed by atoms with Crippen LogP contribution in [0, 0.1) is 11.8 Å². The topological polar surface area (TPSA) is 247 Å². The standard InChI is InChI=1S/C29H45ClN6O9S/c1-16(2)11-21(35-27(40)25(38)13-17-5-8-24(37)20(30)12-17)28(41)36-22-15-19(45-46(42,43)44)7-6-18(22)14-23(36)26(39)33-9-3-4-10-34-29(31)32/h5,8,12,16,18-19,21-23,25,37-38H,3-4,6-7,9-11,13-15H2,1-2H3,(H,33,39)(H,35,40)(H4,31,32,34)(H,42,43,44). The van der Waals surface area contributed by atoms with Crippen LogP contribution >= 0.6 is 11.6 Å². The highest BCUT2D eigenvalue weighted by molar-refractivity contribution is 7.80. The van der Waals surface area contributed by atoms with Crippen molar-refractivity contribution in [3.63, 3.8) is 0 Å². The number of phenols is 1. The van der Waals surface area contributed by atoms with E-state index in [1.165, 1.54) is 23.1 Å². The van der Waals surface area contributed by atoms with Crippen molar-refractivity contribution in [1.82, 2.24) is 15.5 Å². The summed E-state index contributed by atoms with van der Waals surface area (Å²) >= 11 is 5.95. The molecular formula is C29H45ClN6O9S. The van der Waals surface area contributed by atoms with E-state index < -0.39 is 58.5 Å². The Balaban J connectivity index is 1.81. The number of benzene rings is 1. The Morgan fingerprint density at radius 3 is 2.52 bits per heavy atom. The van der Waals surface area contributed by atoms with Gasteiger partial charge in [0.25, 0.3) is 0 Å². The number of halogens is 1. The molecule has 6 atom stereocenters. The summed E-state index contributed by atoms with van der Waals surface area (Å²) in [7, 11) is -4.75. The van der Waals surface area contributed by atoms with Crippen LogP contribution in [0.1, 0.15) is 64.4 Å². The Hall–Kier alpha value is -3.18. The third-order valence-electron chi connectivity index (χ3n) is 8.19. The number of likely N-dealkylation sites (tertiary alicyclic amines) is 1. The minimum atomic E-state index is -4.75. The minimum Gasteiger partial charge on any atom is -0.506 e. The zero-order valence-electron chi connectivity index (χ0n) is 26.0. The molecule has 258 valence electrons. The molecule has 2 aliphatic rings. The summed E-state index contributed by atoms with van der Waals surface area (Å²) in [4.78, 5) is 46.2. The van der Waals surface area contributed by atoms with Crippen LogP contribution in [0.3, 0.4) is 0 Å². The fourth-order valence-corrected chi connectivity index (χ4v) is 6.86. The molecule has 6 unspecified atom stereocenters. The maximum Gasteiger partial charge on any atom is 0.397 e. The summed E-state index contributed by atoms with van der Waals surface area (Å²) in [6, 6.07) is 1.67. The summed E-state index contributed by atoms with van der Waals surface area (Å²) in [5, 5.41) is 25.9. The summed E-state index contributed by atoms with van der Waals surface area (Å²) in [6.07, 6.45) is -0.0503. The lowest BCUT2D eigenvalue weighted by Crippen LogP contribution is -2.58. The number of guanidine groups is 1. The second-order valence-electron chi connectivity index (χ2n) is 12.3. The second kappa shape index (κ2) is 16.6. The predicted octanol–water partition coefficient (Wildman–Crippen LogP) is 0.607. The van der Waals surface area contributed by atoms with E-state index >= 15 is 0 Å². The molecule has 0 aromatic heterocycles. The fourth-order valence-electron chi connectivity index (χ4n) is 6.14. The number of fused-ring (bicyclic) bond motifs is 1. The van der Waals surface area contributed by atoms with Crippen molar-refractivity contribution in [3.05, 3.63) is 28.8 Å². The Bertz CT molecular complexity index is 1370. The van der Waals surface area contributed by atoms with Crippen LogP contribution in [-0.4, -0.2) is 95.2 Å². The zero-order valence-corrected chi connectivity index (χ0v) is 27.5. The lowest BCUT2D eigenvalue weighted by molar-refractivity contribution is -0.145. The number of nitrogens with two attached hydrogens (primary N) is 2. The number of aliphatic hydroxyl groups is 1. The average molecular weight is 689 g/mol. The quantitative estimate of drug-likeness (QED) is 0.0582. The second-order valence-corrected chi connectivity index (χ2v) is 13.7. The van der Waals surface area contributed by atoms with Gasteiger partial charge in [-0.2, -0.15) is 8.42 Å². The number of aromatic hydroxyl groups is 1. The first-order chi connectivity index (χ1) is 21.6. The van der Waals surface area contributed by atoms with Gasteiger partial charge in [-0.15, -0.1) is 0 Å². The molecule has 1 saturated heterocycles. The number of aliphatic hydroxyl groups excluding tert-OH is 1. The van der Waals surface area contributed by atoms with Crippen LogP contribution in [0.2, 0.25) is 5.02 Å². The number of carbonyl (C=O) groups is 3. The Labute approximate surface area is 274 Å². The van der Waals surface area contributed by atoms with E-state index in [-0.39, 0.29) is 47.8 Å². The molecule has 9 N–H and O–H groups in total. The maximum absolute atomic E-state index is 14.3. The summed E-state index contributed by atoms with van der Waals surface area (Å²) in [5.74, 6) is -2.14. The van der Waals surface area contributed by atoms with Crippen molar-refractivity contribution < 1.29 is 41.8 Å². The number of aliphatic imine (C=N–C) groups is 1. The molecule has 1 heterocycles. The van der Waals surface area contributed by atoms with Crippen molar-refractivity contribution >= 4 is 45.7 Å². The molecule has 0 radical (unpaired) electrons. The van der Waals surface area contributed by atoms with Crippen LogP contribution in [-0.2, 0) is 35.4 Å². The highest BCUT2D eigenvalue weighted by Gasteiger charge is 2.51. The number of hydrogen-bond acceptors (Lipinski definition) is 9. The van der Waals surface area contributed by atoms with Crippen LogP contribution < -0.4 is 22.1 Å². The van der Waals surface area contributed by atoms with E-state index in [0.717, 1.165) is 0 Å². The van der Waals surface area contributed by atoms with E-state index in [9.17, 15) is 37.6 Å². The van der Waals surface area contributed by atoms with E-state index in [1.54, 1.807) is 0 Å². The number of hydrogen-bond donors (Lipinski definition) is 7. The predicted molar refractivity (Wildman–Crippen MR) is 170 cm³/mol. The molecule has 3 amide bonds. The first-order valence-electron chi connectivity index (χ1n) is 15.3. The molecule has 1 aromatic carbocycles. The van der Waals surface area contributed by atoms with Gasteiger partial charge in [-0.1, -0.05) is 31.5 Å². The third kappa shape index (κ3) is 11.0. The molecule has 15 nitrogen and oxygen atoms in total. The zero-order chi connectivity index (χ0) is 34.2. The smallest absolute Gasteiger partial charge is 0.397 e. The molecular weight excluding hydrogens is 644 g/mol. The van der Waals surface area contributed by atoms with Gasteiger partial charge in [0.05, 0.1) is 11.1 Å². The highest BCUT2D eigenvalue weighted by Crippen LogP contribution is 2.41. The van der Waals surface area contributed by atoms with Gasteiger partial charge in [0, 0.05) is 25.6 Å². The van der Waals surface area contributed by atoms with Gasteiger partial charge in [0.2, 0.25) is 17.7 Å². The maximum atomic E-state index is 14.3. The van der Waals surface area contributed by atoms with Crippen LogP contribution in [0.15, 0.2) is 23.2 Å². The molecule has 1 aliphatic carbocycles. The molecule has 1 aliphatic heterocycles. The molecule has 0 spiro atoms. The number of nitrogens with zero attached hydrogens (tertiary/aromatic N) is 2. The first-order valence-corrected chi connectivity index (χ1v) is 17.1. The molecule has 0 bridgehead atoms. The van der Waals surface area contributed by atoms with E-state index in [0.29, 0.717) is 50.8 Å². The van der Waals surface area contributed by atoms with Crippen molar-refractivity contribution in [3.8, 4) is 5.75 Å². The molecule has 1 saturated carbocycles. The monoisotopic (exact) mass is 688 g/mol. The SMILES string of the molecule is CC(C)CC(NC(=O)C(O)Cc1ccc(O)c(Cl)c1)C(=O)N1C(C(=O)NCCCCN=C(N)N)CC2CCC(OS(=O)(=O)O)CC21. The number of rotatable bonds is 15. The lowest BCUT2D eigenvalue weighted by atomic mass is 9.83. The first kappa shape index (κ1) is 37.3. The summed E-state index contributed by atoms with van der Waals surface area (Å²) in [5.41, 5.74) is 11.2. The molecule has 17 heteroatoms. The number of nitrogens with one attached hydrogen (secondary N) is 2. The third-order valence-corrected chi connectivity index (χ3v) is 9.00. The Kier molecular flexibility index (Phi) is 13.4. The van der Waals surface area contributed by atoms with Gasteiger partial charge in [0.1, 0.15) is 23.9 Å². The van der Waals surface area contributed by atoms with E-state index in [4.69, 9.17) is 27.3 Å². The van der Waals surface area contributed by atoms with Gasteiger partial charge in [-0.25, -0.2) is 4.18 Å². The van der Waals surface area contributed by atoms with E-state index in [2.05, 4.69) is 15.6 Å². The van der Waals surface area contributed by atoms with Crippen molar-refractivity contribution in [2.45, 2.75) is 95.5 Å². The Morgan fingerprint density at radius 2 is 1.89 bits per heavy atom. The molecule has 46 heavy (non-hydrogen) atoms. The fraction of sp³-hybridized carbons (Fsp3) is 0.655. The van der Waals surface area contributed by atoms with Crippen LogP contribution in [0.5, 0.6) is 5.75 Å². The van der Waals surface area contributed by atoms with Gasteiger partial charge >= 0.3 is 10.4 Å². The number of unbranched alkanes of at least 4 members (excludes halogenated alkanes) is 1. The molecule has 3 rings (SSSR count).